The van der Waals surface area contributed by atoms with Crippen molar-refractivity contribution in [2.75, 3.05) is 6.61 Å². The molecule has 0 aromatic heterocycles. The highest BCUT2D eigenvalue weighted by molar-refractivity contribution is 5.80. The Labute approximate surface area is 101 Å². The van der Waals surface area contributed by atoms with Gasteiger partial charge in [0.2, 0.25) is 0 Å². The predicted octanol–water partition coefficient (Wildman–Crippen LogP) is 1.71. The number of ether oxygens (including phenoxy) is 1. The molecule has 1 saturated heterocycles. The predicted molar refractivity (Wildman–Crippen MR) is 64.4 cm³/mol. The summed E-state index contributed by atoms with van der Waals surface area (Å²) in [5.41, 5.74) is 0.163. The minimum atomic E-state index is -0.858. The van der Waals surface area contributed by atoms with E-state index in [1.165, 1.54) is 0 Å². The van der Waals surface area contributed by atoms with Crippen molar-refractivity contribution in [2.24, 2.45) is 5.41 Å². The van der Waals surface area contributed by atoms with Crippen molar-refractivity contribution in [1.29, 1.82) is 0 Å². The first kappa shape index (κ1) is 11.9. The monoisotopic (exact) mass is 232 g/mol. The summed E-state index contributed by atoms with van der Waals surface area (Å²) in [5.74, 6) is -0.325. The molecular weight excluding hydrogens is 216 g/mol. The maximum atomic E-state index is 11.9. The van der Waals surface area contributed by atoms with E-state index in [2.05, 4.69) is 6.58 Å². The molecule has 2 rings (SSSR count). The fourth-order valence-corrected chi connectivity index (χ4v) is 2.29. The fourth-order valence-electron chi connectivity index (χ4n) is 2.29. The van der Waals surface area contributed by atoms with E-state index in [1.54, 1.807) is 6.08 Å². The summed E-state index contributed by atoms with van der Waals surface area (Å²) < 4.78 is 4.97. The van der Waals surface area contributed by atoms with Crippen molar-refractivity contribution in [2.45, 2.75) is 18.9 Å². The number of rotatable bonds is 4. The molecule has 17 heavy (non-hydrogen) atoms. The number of benzene rings is 1. The second kappa shape index (κ2) is 4.72. The number of esters is 1. The van der Waals surface area contributed by atoms with Gasteiger partial charge in [0.15, 0.2) is 0 Å². The Bertz CT molecular complexity index is 413. The zero-order valence-electron chi connectivity index (χ0n) is 9.63. The Kier molecular flexibility index (Phi) is 3.29. The highest BCUT2D eigenvalue weighted by Crippen LogP contribution is 2.37. The lowest BCUT2D eigenvalue weighted by Gasteiger charge is -2.26. The van der Waals surface area contributed by atoms with E-state index < -0.39 is 11.5 Å². The van der Waals surface area contributed by atoms with E-state index in [4.69, 9.17) is 4.74 Å². The molecule has 1 fully saturated rings. The Hall–Kier alpha value is -1.61. The molecule has 0 saturated carbocycles. The van der Waals surface area contributed by atoms with Crippen LogP contribution in [0, 0.1) is 5.41 Å². The minimum absolute atomic E-state index is 0.0828. The summed E-state index contributed by atoms with van der Waals surface area (Å²) in [4.78, 5) is 11.9. The number of aliphatic hydroxyl groups excluding tert-OH is 1. The van der Waals surface area contributed by atoms with Crippen LogP contribution in [0.25, 0.3) is 0 Å². The summed E-state index contributed by atoms with van der Waals surface area (Å²) in [7, 11) is 0. The summed E-state index contributed by atoms with van der Waals surface area (Å²) >= 11 is 0. The van der Waals surface area contributed by atoms with Gasteiger partial charge in [0.05, 0.1) is 0 Å². The van der Waals surface area contributed by atoms with Crippen LogP contribution in [0.2, 0.25) is 0 Å². The molecule has 3 nitrogen and oxygen atoms in total. The molecule has 90 valence electrons. The number of hydrogen-bond donors (Lipinski definition) is 1. The van der Waals surface area contributed by atoms with Crippen LogP contribution in [0.3, 0.4) is 0 Å². The lowest BCUT2D eigenvalue weighted by molar-refractivity contribution is -0.147. The van der Waals surface area contributed by atoms with Gasteiger partial charge in [0.1, 0.15) is 18.1 Å². The molecule has 3 heteroatoms. The average Bonchev–Trinajstić information content (AvgIpc) is 2.60. The van der Waals surface area contributed by atoms with E-state index in [0.717, 1.165) is 5.56 Å². The van der Waals surface area contributed by atoms with Crippen molar-refractivity contribution in [3.63, 3.8) is 0 Å². The van der Waals surface area contributed by atoms with Gasteiger partial charge < -0.3 is 9.84 Å². The third-order valence-corrected chi connectivity index (χ3v) is 3.29. The van der Waals surface area contributed by atoms with Crippen LogP contribution in [0.15, 0.2) is 43.0 Å². The van der Waals surface area contributed by atoms with Crippen LogP contribution < -0.4 is 0 Å². The van der Waals surface area contributed by atoms with E-state index >= 15 is 0 Å². The number of cyclic esters (lactones) is 1. The fraction of sp³-hybridized carbons (Fsp3) is 0.357. The van der Waals surface area contributed by atoms with Gasteiger partial charge >= 0.3 is 5.97 Å². The second-order valence-corrected chi connectivity index (χ2v) is 4.43. The van der Waals surface area contributed by atoms with Gasteiger partial charge in [-0.15, -0.1) is 6.58 Å². The highest BCUT2D eigenvalue weighted by Gasteiger charge is 2.50. The molecule has 1 heterocycles. The van der Waals surface area contributed by atoms with Crippen molar-refractivity contribution < 1.29 is 14.6 Å². The number of carbonyl (C=O) groups excluding carboxylic acids is 1. The molecule has 0 aliphatic carbocycles. The molecule has 0 spiro atoms. The molecule has 2 atom stereocenters. The summed E-state index contributed by atoms with van der Waals surface area (Å²) in [6.07, 6.45) is 1.83. The van der Waals surface area contributed by atoms with E-state index in [1.807, 2.05) is 30.3 Å². The first-order chi connectivity index (χ1) is 8.19. The van der Waals surface area contributed by atoms with Gasteiger partial charge in [0.25, 0.3) is 0 Å². The van der Waals surface area contributed by atoms with Gasteiger partial charge in [-0.05, 0) is 18.4 Å². The van der Waals surface area contributed by atoms with Gasteiger partial charge in [-0.1, -0.05) is 36.4 Å². The van der Waals surface area contributed by atoms with Crippen LogP contribution in [0.5, 0.6) is 0 Å². The molecule has 0 unspecified atom stereocenters. The zero-order valence-corrected chi connectivity index (χ0v) is 9.63. The van der Waals surface area contributed by atoms with Gasteiger partial charge in [0, 0.05) is 0 Å². The van der Waals surface area contributed by atoms with Gasteiger partial charge in [-0.2, -0.15) is 0 Å². The summed E-state index contributed by atoms with van der Waals surface area (Å²) in [6, 6.07) is 9.66. The second-order valence-electron chi connectivity index (χ2n) is 4.43. The number of hydrogen-bond acceptors (Lipinski definition) is 3. The SMILES string of the molecule is C=CC[C@@]1(Cc2ccccc2)C(=O)OC[C@@H]1O. The molecule has 1 N–H and O–H groups in total. The maximum Gasteiger partial charge on any atom is 0.315 e. The standard InChI is InChI=1S/C14H16O3/c1-2-8-14(12(15)10-17-13(14)16)9-11-6-4-3-5-7-11/h2-7,12,15H,1,8-10H2/t12-,14-/m0/s1. The Morgan fingerprint density at radius 1 is 1.47 bits per heavy atom. The van der Waals surface area contributed by atoms with Crippen LogP contribution in [-0.4, -0.2) is 23.8 Å². The molecule has 1 aliphatic heterocycles. The van der Waals surface area contributed by atoms with Gasteiger partial charge in [-0.25, -0.2) is 0 Å². The van der Waals surface area contributed by atoms with Crippen molar-refractivity contribution in [1.82, 2.24) is 0 Å². The van der Waals surface area contributed by atoms with Crippen molar-refractivity contribution in [3.05, 3.63) is 48.6 Å². The van der Waals surface area contributed by atoms with Crippen LogP contribution in [-0.2, 0) is 16.0 Å². The Morgan fingerprint density at radius 2 is 2.18 bits per heavy atom. The molecule has 0 radical (unpaired) electrons. The Morgan fingerprint density at radius 3 is 2.71 bits per heavy atom. The molecule has 1 aromatic rings. The van der Waals surface area contributed by atoms with Crippen LogP contribution in [0.4, 0.5) is 0 Å². The average molecular weight is 232 g/mol. The normalized spacial score (nSPS) is 27.8. The maximum absolute atomic E-state index is 11.9. The third kappa shape index (κ3) is 2.11. The smallest absolute Gasteiger partial charge is 0.315 e. The number of allylic oxidation sites excluding steroid dienone is 1. The van der Waals surface area contributed by atoms with Crippen molar-refractivity contribution in [3.8, 4) is 0 Å². The molecule has 1 aliphatic rings. The van der Waals surface area contributed by atoms with E-state index in [-0.39, 0.29) is 12.6 Å². The van der Waals surface area contributed by atoms with Gasteiger partial charge in [-0.3, -0.25) is 4.79 Å². The third-order valence-electron chi connectivity index (χ3n) is 3.29. The molecule has 1 aromatic carbocycles. The molecule has 0 amide bonds. The topological polar surface area (TPSA) is 46.5 Å². The largest absolute Gasteiger partial charge is 0.462 e. The highest BCUT2D eigenvalue weighted by atomic mass is 16.6. The summed E-state index contributed by atoms with van der Waals surface area (Å²) in [5, 5.41) is 10.0. The number of carbonyl (C=O) groups is 1. The first-order valence-corrected chi connectivity index (χ1v) is 5.69. The van der Waals surface area contributed by atoms with E-state index in [9.17, 15) is 9.90 Å². The van der Waals surface area contributed by atoms with E-state index in [0.29, 0.717) is 12.8 Å². The lowest BCUT2D eigenvalue weighted by Crippen LogP contribution is -2.38. The Balaban J connectivity index is 2.29. The lowest BCUT2D eigenvalue weighted by atomic mass is 9.75. The number of aliphatic hydroxyl groups is 1. The van der Waals surface area contributed by atoms with Crippen LogP contribution >= 0.6 is 0 Å². The zero-order chi connectivity index (χ0) is 12.3. The minimum Gasteiger partial charge on any atom is -0.462 e. The quantitative estimate of drug-likeness (QED) is 0.635. The first-order valence-electron chi connectivity index (χ1n) is 5.69. The summed E-state index contributed by atoms with van der Waals surface area (Å²) in [6.45, 7) is 3.74. The molecule has 0 bridgehead atoms. The molecular formula is C14H16O3. The van der Waals surface area contributed by atoms with Crippen LogP contribution in [0.1, 0.15) is 12.0 Å². The van der Waals surface area contributed by atoms with Crippen molar-refractivity contribution >= 4 is 5.97 Å².